The van der Waals surface area contributed by atoms with Crippen molar-refractivity contribution in [3.63, 3.8) is 0 Å². The lowest BCUT2D eigenvalue weighted by Gasteiger charge is -2.30. The topological polar surface area (TPSA) is 26.3 Å². The summed E-state index contributed by atoms with van der Waals surface area (Å²) < 4.78 is 36.8. The Morgan fingerprint density at radius 2 is 1.03 bits per heavy atom. The van der Waals surface area contributed by atoms with Crippen LogP contribution in [-0.4, -0.2) is 22.8 Å². The number of carbonyl (C=O) groups excluding carboxylic acids is 1. The molecule has 0 aliphatic rings. The summed E-state index contributed by atoms with van der Waals surface area (Å²) in [4.78, 5) is 12.5. The van der Waals surface area contributed by atoms with E-state index in [1.807, 2.05) is 79.7 Å². The van der Waals surface area contributed by atoms with Crippen LogP contribution in [0.25, 0.3) is 0 Å². The summed E-state index contributed by atoms with van der Waals surface area (Å²) in [5, 5.41) is 1.49. The normalized spacial score (nSPS) is 12.8. The second-order valence-corrected chi connectivity index (χ2v) is 18.9. The maximum Gasteiger partial charge on any atom is 0.338 e. The van der Waals surface area contributed by atoms with Crippen molar-refractivity contribution in [3.8, 4) is 0 Å². The van der Waals surface area contributed by atoms with Crippen molar-refractivity contribution >= 4 is 33.2 Å². The first-order valence-electron chi connectivity index (χ1n) is 11.6. The van der Waals surface area contributed by atoms with Crippen molar-refractivity contribution < 1.29 is 17.7 Å². The SMILES string of the molecule is CC(C)[Si](F)(c1ccc(COC(=O)c2ccc([Si](F)(C(C)C)C(C)C)cc2)cc1)C(C)C. The zero-order valence-electron chi connectivity index (χ0n) is 20.7. The highest BCUT2D eigenvalue weighted by Crippen LogP contribution is 2.34. The lowest BCUT2D eigenvalue weighted by Crippen LogP contribution is -2.49. The van der Waals surface area contributed by atoms with Crippen LogP contribution in [-0.2, 0) is 11.3 Å². The molecule has 0 heterocycles. The summed E-state index contributed by atoms with van der Waals surface area (Å²) in [5.41, 5.74) is 1.13. The molecule has 0 amide bonds. The maximum atomic E-state index is 15.7. The van der Waals surface area contributed by atoms with Gasteiger partial charge in [0.25, 0.3) is 16.8 Å². The molecule has 0 saturated heterocycles. The van der Waals surface area contributed by atoms with Gasteiger partial charge in [0.05, 0.1) is 5.56 Å². The number of hydrogen-bond donors (Lipinski definition) is 0. The fraction of sp³-hybridized carbons (Fsp3) is 0.500. The van der Waals surface area contributed by atoms with Gasteiger partial charge in [-0.25, -0.2) is 4.79 Å². The number of hydrogen-bond acceptors (Lipinski definition) is 2. The molecule has 2 aromatic rings. The Morgan fingerprint density at radius 3 is 1.38 bits per heavy atom. The summed E-state index contributed by atoms with van der Waals surface area (Å²) in [6.07, 6.45) is 0. The summed E-state index contributed by atoms with van der Waals surface area (Å²) in [6, 6.07) is 14.1. The smallest absolute Gasteiger partial charge is 0.338 e. The highest BCUT2D eigenvalue weighted by atomic mass is 28.4. The van der Waals surface area contributed by atoms with E-state index in [0.717, 1.165) is 10.8 Å². The van der Waals surface area contributed by atoms with Gasteiger partial charge in [0.2, 0.25) is 0 Å². The molecule has 0 spiro atoms. The minimum absolute atomic E-state index is 0.00772. The first kappa shape index (κ1) is 26.5. The van der Waals surface area contributed by atoms with Gasteiger partial charge in [-0.05, 0) is 50.2 Å². The van der Waals surface area contributed by atoms with Gasteiger partial charge in [0.1, 0.15) is 6.61 Å². The Kier molecular flexibility index (Phi) is 8.62. The molecule has 0 aromatic heterocycles. The van der Waals surface area contributed by atoms with Crippen LogP contribution in [0.2, 0.25) is 22.2 Å². The first-order valence-corrected chi connectivity index (χ1v) is 15.7. The Labute approximate surface area is 194 Å². The molecule has 2 rings (SSSR count). The Morgan fingerprint density at radius 1 is 0.688 bits per heavy atom. The van der Waals surface area contributed by atoms with Gasteiger partial charge in [0, 0.05) is 0 Å². The van der Waals surface area contributed by atoms with E-state index in [0.29, 0.717) is 10.8 Å². The zero-order chi connectivity index (χ0) is 24.3. The zero-order valence-corrected chi connectivity index (χ0v) is 22.7. The third-order valence-electron chi connectivity index (χ3n) is 6.69. The Bertz CT molecular complexity index is 875. The molecule has 2 aromatic carbocycles. The third-order valence-corrected chi connectivity index (χ3v) is 15.8. The lowest BCUT2D eigenvalue weighted by atomic mass is 10.2. The van der Waals surface area contributed by atoms with Crippen molar-refractivity contribution in [1.29, 1.82) is 0 Å². The van der Waals surface area contributed by atoms with Crippen LogP contribution in [0.15, 0.2) is 48.5 Å². The van der Waals surface area contributed by atoms with Crippen LogP contribution in [0, 0.1) is 0 Å². The minimum atomic E-state index is -3.13. The summed E-state index contributed by atoms with van der Waals surface area (Å²) in [5.74, 6) is -0.445. The molecule has 0 unspecified atom stereocenters. The minimum Gasteiger partial charge on any atom is -0.457 e. The van der Waals surface area contributed by atoms with E-state index in [4.69, 9.17) is 4.74 Å². The number of carbonyl (C=O) groups is 1. The lowest BCUT2D eigenvalue weighted by molar-refractivity contribution is 0.0473. The molecular formula is C26H38F2O2Si2. The van der Waals surface area contributed by atoms with Gasteiger partial charge >= 0.3 is 5.97 Å². The standard InChI is InChI=1S/C26H38F2O2Si2/c1-18(2)31(27,19(3)4)24-13-9-22(10-14-24)17-30-26(29)23-11-15-25(16-12-23)32(28,20(5)6)21(7)8/h9-16,18-21H,17H2,1-8H3. The molecular weight excluding hydrogens is 438 g/mol. The third kappa shape index (κ3) is 5.22. The van der Waals surface area contributed by atoms with Gasteiger partial charge in [-0.1, -0.05) is 91.8 Å². The average molecular weight is 477 g/mol. The van der Waals surface area contributed by atoms with Crippen molar-refractivity contribution in [1.82, 2.24) is 0 Å². The summed E-state index contributed by atoms with van der Waals surface area (Å²) in [7, 11) is -6.20. The van der Waals surface area contributed by atoms with E-state index in [1.165, 1.54) is 0 Å². The summed E-state index contributed by atoms with van der Waals surface area (Å²) in [6.45, 7) is 15.6. The number of esters is 1. The molecule has 2 nitrogen and oxygen atoms in total. The number of halogens is 2. The molecule has 0 N–H and O–H groups in total. The second-order valence-electron chi connectivity index (χ2n) is 10.0. The fourth-order valence-electron chi connectivity index (χ4n) is 4.62. The van der Waals surface area contributed by atoms with Crippen molar-refractivity contribution in [3.05, 3.63) is 59.7 Å². The van der Waals surface area contributed by atoms with Crippen LogP contribution in [0.3, 0.4) is 0 Å². The largest absolute Gasteiger partial charge is 0.457 e. The molecule has 0 radical (unpaired) electrons. The highest BCUT2D eigenvalue weighted by Gasteiger charge is 2.44. The van der Waals surface area contributed by atoms with E-state index in [-0.39, 0.29) is 28.8 Å². The van der Waals surface area contributed by atoms with Gasteiger partial charge in [-0.3, -0.25) is 0 Å². The van der Waals surface area contributed by atoms with E-state index in [9.17, 15) is 4.79 Å². The van der Waals surface area contributed by atoms with Gasteiger partial charge < -0.3 is 13.0 Å². The van der Waals surface area contributed by atoms with Crippen molar-refractivity contribution in [2.75, 3.05) is 0 Å². The number of benzene rings is 2. The van der Waals surface area contributed by atoms with Gasteiger partial charge in [0.15, 0.2) is 0 Å². The first-order chi connectivity index (χ1) is 14.8. The van der Waals surface area contributed by atoms with E-state index in [2.05, 4.69) is 0 Å². The van der Waals surface area contributed by atoms with E-state index >= 15 is 8.22 Å². The molecule has 0 fully saturated rings. The highest BCUT2D eigenvalue weighted by molar-refractivity contribution is 6.88. The summed E-state index contributed by atoms with van der Waals surface area (Å²) >= 11 is 0. The molecule has 0 bridgehead atoms. The van der Waals surface area contributed by atoms with Crippen LogP contribution in [0.5, 0.6) is 0 Å². The Hall–Kier alpha value is -1.80. The molecule has 6 heteroatoms. The fourth-order valence-corrected chi connectivity index (χ4v) is 11.3. The average Bonchev–Trinajstić information content (AvgIpc) is 2.76. The molecule has 0 saturated carbocycles. The number of ether oxygens (including phenoxy) is 1. The van der Waals surface area contributed by atoms with E-state index in [1.54, 1.807) is 24.3 Å². The molecule has 32 heavy (non-hydrogen) atoms. The molecule has 0 aliphatic heterocycles. The molecule has 176 valence electrons. The van der Waals surface area contributed by atoms with Crippen molar-refractivity contribution in [2.24, 2.45) is 0 Å². The van der Waals surface area contributed by atoms with Crippen molar-refractivity contribution in [2.45, 2.75) is 84.2 Å². The quantitative estimate of drug-likeness (QED) is 0.223. The molecule has 0 atom stereocenters. The number of rotatable bonds is 9. The Balaban J connectivity index is 2.08. The maximum absolute atomic E-state index is 15.7. The van der Waals surface area contributed by atoms with Crippen LogP contribution in [0.4, 0.5) is 8.22 Å². The predicted molar refractivity (Wildman–Crippen MR) is 135 cm³/mol. The predicted octanol–water partition coefficient (Wildman–Crippen LogP) is 6.93. The van der Waals surface area contributed by atoms with Crippen LogP contribution in [0.1, 0.15) is 71.3 Å². The van der Waals surface area contributed by atoms with Gasteiger partial charge in [-0.2, -0.15) is 0 Å². The van der Waals surface area contributed by atoms with Crippen LogP contribution >= 0.6 is 0 Å². The van der Waals surface area contributed by atoms with E-state index < -0.39 is 22.8 Å². The second kappa shape index (κ2) is 10.4. The molecule has 0 aliphatic carbocycles. The monoisotopic (exact) mass is 476 g/mol. The van der Waals surface area contributed by atoms with Crippen LogP contribution < -0.4 is 10.4 Å². The van der Waals surface area contributed by atoms with Gasteiger partial charge in [-0.15, -0.1) is 0 Å².